The minimum atomic E-state index is -0.272. The monoisotopic (exact) mass is 233 g/mol. The molecule has 1 aliphatic carbocycles. The molecule has 0 bridgehead atoms. The lowest BCUT2D eigenvalue weighted by Crippen LogP contribution is -2.14. The van der Waals surface area contributed by atoms with Gasteiger partial charge in [-0.05, 0) is 12.3 Å². The molecule has 3 atom stereocenters. The number of imidazole rings is 1. The Hall–Kier alpha value is -1.69. The predicted octanol–water partition coefficient (Wildman–Crippen LogP) is 1.16. The van der Waals surface area contributed by atoms with Crippen LogP contribution in [0.2, 0.25) is 0 Å². The largest absolute Gasteiger partial charge is 0.348 e. The van der Waals surface area contributed by atoms with E-state index in [9.17, 15) is 0 Å². The second-order valence-corrected chi connectivity index (χ2v) is 4.70. The van der Waals surface area contributed by atoms with Gasteiger partial charge in [-0.3, -0.25) is 0 Å². The highest BCUT2D eigenvalue weighted by molar-refractivity contribution is 5.09. The summed E-state index contributed by atoms with van der Waals surface area (Å²) in [7, 11) is 0. The highest BCUT2D eigenvalue weighted by Gasteiger charge is 2.38. The third kappa shape index (κ3) is 2.08. The van der Waals surface area contributed by atoms with Gasteiger partial charge in [0.1, 0.15) is 0 Å². The number of hydrogen-bond acceptors (Lipinski definition) is 5. The van der Waals surface area contributed by atoms with E-state index < -0.39 is 0 Å². The number of aromatic amines is 1. The summed E-state index contributed by atoms with van der Waals surface area (Å²) in [4.78, 5) is 11.3. The molecule has 0 spiro atoms. The molecule has 0 radical (unpaired) electrons. The first-order chi connectivity index (χ1) is 8.24. The quantitative estimate of drug-likeness (QED) is 0.826. The van der Waals surface area contributed by atoms with Crippen LogP contribution in [0.15, 0.2) is 17.0 Å². The van der Waals surface area contributed by atoms with Crippen molar-refractivity contribution >= 4 is 0 Å². The van der Waals surface area contributed by atoms with Crippen molar-refractivity contribution in [2.24, 2.45) is 11.7 Å². The molecular formula is C11H15N5O. The zero-order valence-corrected chi connectivity index (χ0v) is 9.63. The van der Waals surface area contributed by atoms with E-state index in [1.54, 1.807) is 12.5 Å². The summed E-state index contributed by atoms with van der Waals surface area (Å²) in [6.45, 7) is 2.19. The third-order valence-electron chi connectivity index (χ3n) is 3.21. The van der Waals surface area contributed by atoms with Gasteiger partial charge in [0.05, 0.1) is 12.4 Å². The van der Waals surface area contributed by atoms with Crippen LogP contribution in [0.3, 0.4) is 0 Å². The summed E-state index contributed by atoms with van der Waals surface area (Å²) in [6, 6.07) is -0.272. The van der Waals surface area contributed by atoms with Gasteiger partial charge in [-0.15, -0.1) is 0 Å². The molecule has 90 valence electrons. The summed E-state index contributed by atoms with van der Waals surface area (Å²) in [5.74, 6) is 2.44. The number of H-pyrrole nitrogens is 1. The van der Waals surface area contributed by atoms with E-state index in [1.807, 2.05) is 0 Å². The van der Waals surface area contributed by atoms with E-state index in [2.05, 4.69) is 27.0 Å². The number of nitrogens with two attached hydrogens (primary N) is 1. The van der Waals surface area contributed by atoms with Crippen LogP contribution in [0.1, 0.15) is 42.7 Å². The van der Waals surface area contributed by atoms with Crippen molar-refractivity contribution in [3.63, 3.8) is 0 Å². The van der Waals surface area contributed by atoms with Crippen LogP contribution >= 0.6 is 0 Å². The van der Waals surface area contributed by atoms with E-state index in [-0.39, 0.29) is 6.04 Å². The van der Waals surface area contributed by atoms with Crippen molar-refractivity contribution in [2.45, 2.75) is 31.7 Å². The number of rotatable bonds is 4. The van der Waals surface area contributed by atoms with Crippen molar-refractivity contribution in [3.05, 3.63) is 29.9 Å². The van der Waals surface area contributed by atoms with Gasteiger partial charge in [0, 0.05) is 24.2 Å². The molecule has 3 N–H and O–H groups in total. The molecule has 1 aliphatic rings. The van der Waals surface area contributed by atoms with Crippen LogP contribution in [0.5, 0.6) is 0 Å². The van der Waals surface area contributed by atoms with Crippen molar-refractivity contribution in [3.8, 4) is 0 Å². The van der Waals surface area contributed by atoms with Crippen LogP contribution in [0, 0.1) is 5.92 Å². The predicted molar refractivity (Wildman–Crippen MR) is 60.0 cm³/mol. The van der Waals surface area contributed by atoms with Crippen LogP contribution in [0.25, 0.3) is 0 Å². The molecule has 2 aromatic heterocycles. The van der Waals surface area contributed by atoms with Gasteiger partial charge in [0.25, 0.3) is 0 Å². The fourth-order valence-corrected chi connectivity index (χ4v) is 1.95. The molecule has 0 saturated heterocycles. The molecule has 0 amide bonds. The topological polar surface area (TPSA) is 93.6 Å². The average molecular weight is 233 g/mol. The minimum absolute atomic E-state index is 0.272. The molecule has 3 rings (SSSR count). The Balaban J connectivity index is 1.69. The van der Waals surface area contributed by atoms with Gasteiger partial charge in [0.15, 0.2) is 5.82 Å². The van der Waals surface area contributed by atoms with Crippen LogP contribution in [-0.4, -0.2) is 20.1 Å². The lowest BCUT2D eigenvalue weighted by molar-refractivity contribution is 0.349. The number of aromatic nitrogens is 4. The standard InChI is InChI=1S/C11H15N5O/c1-6-2-8(6)10-15-11(17-16-10)9(12)3-7-4-13-5-14-7/h4-6,8-9H,2-3,12H2,1H3,(H,13,14)/t6?,8?,9-/m1/s1. The van der Waals surface area contributed by atoms with Gasteiger partial charge >= 0.3 is 0 Å². The van der Waals surface area contributed by atoms with Gasteiger partial charge in [0.2, 0.25) is 5.89 Å². The van der Waals surface area contributed by atoms with E-state index in [1.165, 1.54) is 0 Å². The van der Waals surface area contributed by atoms with E-state index >= 15 is 0 Å². The van der Waals surface area contributed by atoms with Crippen molar-refractivity contribution in [1.82, 2.24) is 20.1 Å². The zero-order chi connectivity index (χ0) is 11.8. The lowest BCUT2D eigenvalue weighted by Gasteiger charge is -2.03. The van der Waals surface area contributed by atoms with E-state index in [0.29, 0.717) is 24.1 Å². The minimum Gasteiger partial charge on any atom is -0.348 e. The lowest BCUT2D eigenvalue weighted by atomic mass is 10.2. The van der Waals surface area contributed by atoms with Crippen molar-refractivity contribution in [2.75, 3.05) is 0 Å². The highest BCUT2D eigenvalue weighted by atomic mass is 16.5. The van der Waals surface area contributed by atoms with Gasteiger partial charge in [-0.1, -0.05) is 12.1 Å². The second-order valence-electron chi connectivity index (χ2n) is 4.70. The zero-order valence-electron chi connectivity index (χ0n) is 9.63. The normalized spacial score (nSPS) is 24.8. The maximum atomic E-state index is 6.01. The van der Waals surface area contributed by atoms with Gasteiger partial charge in [-0.25, -0.2) is 4.98 Å². The molecule has 6 heteroatoms. The summed E-state index contributed by atoms with van der Waals surface area (Å²) in [5.41, 5.74) is 6.98. The fraction of sp³-hybridized carbons (Fsp3) is 0.545. The van der Waals surface area contributed by atoms with Crippen LogP contribution in [0.4, 0.5) is 0 Å². The summed E-state index contributed by atoms with van der Waals surface area (Å²) in [6.07, 6.45) is 5.16. The highest BCUT2D eigenvalue weighted by Crippen LogP contribution is 2.45. The SMILES string of the molecule is CC1CC1c1noc([C@H](N)Cc2cnc[nH]2)n1. The molecule has 2 unspecified atom stereocenters. The third-order valence-corrected chi connectivity index (χ3v) is 3.21. The van der Waals surface area contributed by atoms with Crippen LogP contribution in [-0.2, 0) is 6.42 Å². The van der Waals surface area contributed by atoms with E-state index in [4.69, 9.17) is 10.3 Å². The number of nitrogens with one attached hydrogen (secondary N) is 1. The Labute approximate surface area is 98.6 Å². The molecular weight excluding hydrogens is 218 g/mol. The van der Waals surface area contributed by atoms with Gasteiger partial charge < -0.3 is 15.2 Å². The number of nitrogens with zero attached hydrogens (tertiary/aromatic N) is 3. The average Bonchev–Trinajstić information content (AvgIpc) is 2.79. The summed E-state index contributed by atoms with van der Waals surface area (Å²) in [5, 5.41) is 3.99. The van der Waals surface area contributed by atoms with Gasteiger partial charge in [-0.2, -0.15) is 4.98 Å². The Bertz CT molecular complexity index is 492. The smallest absolute Gasteiger partial charge is 0.243 e. The first-order valence-electron chi connectivity index (χ1n) is 5.80. The molecule has 0 aromatic carbocycles. The van der Waals surface area contributed by atoms with Crippen LogP contribution < -0.4 is 5.73 Å². The Morgan fingerprint density at radius 3 is 3.12 bits per heavy atom. The fourth-order valence-electron chi connectivity index (χ4n) is 1.95. The molecule has 1 saturated carbocycles. The van der Waals surface area contributed by atoms with Crippen molar-refractivity contribution < 1.29 is 4.52 Å². The molecule has 1 fully saturated rings. The van der Waals surface area contributed by atoms with Crippen molar-refractivity contribution in [1.29, 1.82) is 0 Å². The summed E-state index contributed by atoms with van der Waals surface area (Å²) < 4.78 is 5.20. The molecule has 6 nitrogen and oxygen atoms in total. The maximum Gasteiger partial charge on any atom is 0.243 e. The second kappa shape index (κ2) is 3.96. The first-order valence-corrected chi connectivity index (χ1v) is 5.80. The number of hydrogen-bond donors (Lipinski definition) is 2. The summed E-state index contributed by atoms with van der Waals surface area (Å²) >= 11 is 0. The first kappa shape index (κ1) is 10.5. The Morgan fingerprint density at radius 1 is 1.65 bits per heavy atom. The Morgan fingerprint density at radius 2 is 2.47 bits per heavy atom. The van der Waals surface area contributed by atoms with E-state index in [0.717, 1.165) is 17.9 Å². The Kier molecular flexibility index (Phi) is 2.44. The maximum absolute atomic E-state index is 6.01. The molecule has 17 heavy (non-hydrogen) atoms. The molecule has 2 heterocycles. The molecule has 2 aromatic rings. The molecule has 0 aliphatic heterocycles.